The number of ether oxygens (including phenoxy) is 1. The van der Waals surface area contributed by atoms with E-state index in [4.69, 9.17) is 4.74 Å². The van der Waals surface area contributed by atoms with Crippen LogP contribution in [0.2, 0.25) is 0 Å². The first-order chi connectivity index (χ1) is 11.1. The van der Waals surface area contributed by atoms with E-state index < -0.39 is 0 Å². The molecule has 0 bridgehead atoms. The molecule has 3 aliphatic carbocycles. The van der Waals surface area contributed by atoms with E-state index >= 15 is 0 Å². The van der Waals surface area contributed by atoms with E-state index in [0.29, 0.717) is 30.1 Å². The van der Waals surface area contributed by atoms with Crippen molar-refractivity contribution in [2.45, 2.75) is 51.4 Å². The second-order valence-electron chi connectivity index (χ2n) is 7.79. The third-order valence-electron chi connectivity index (χ3n) is 6.77. The van der Waals surface area contributed by atoms with Crippen LogP contribution in [0.5, 0.6) is 5.75 Å². The van der Waals surface area contributed by atoms with Gasteiger partial charge in [0.1, 0.15) is 18.1 Å². The number of carbonyl (C=O) groups is 1. The predicted molar refractivity (Wildman–Crippen MR) is 91.8 cm³/mol. The van der Waals surface area contributed by atoms with Crippen LogP contribution in [0.1, 0.15) is 56.1 Å². The van der Waals surface area contributed by atoms with Crippen molar-refractivity contribution in [3.05, 3.63) is 42.0 Å². The molecule has 2 heteroatoms. The van der Waals surface area contributed by atoms with Gasteiger partial charge in [0.05, 0.1) is 0 Å². The molecular weight excluding hydrogens is 284 g/mol. The maximum absolute atomic E-state index is 12.4. The fourth-order valence-corrected chi connectivity index (χ4v) is 5.57. The fourth-order valence-electron chi connectivity index (χ4n) is 5.57. The second kappa shape index (κ2) is 5.51. The van der Waals surface area contributed by atoms with E-state index in [9.17, 15) is 4.79 Å². The number of benzene rings is 1. The van der Waals surface area contributed by atoms with E-state index in [1.165, 1.54) is 24.0 Å². The highest BCUT2D eigenvalue weighted by molar-refractivity contribution is 5.87. The molecule has 4 rings (SSSR count). The summed E-state index contributed by atoms with van der Waals surface area (Å²) in [5.74, 6) is 3.45. The Morgan fingerprint density at radius 3 is 3.00 bits per heavy atom. The van der Waals surface area contributed by atoms with Crippen LogP contribution in [0, 0.1) is 17.3 Å². The van der Waals surface area contributed by atoms with Crippen LogP contribution in [0.25, 0.3) is 0 Å². The molecule has 1 aromatic rings. The monoisotopic (exact) mass is 310 g/mol. The van der Waals surface area contributed by atoms with Gasteiger partial charge in [0, 0.05) is 11.8 Å². The summed E-state index contributed by atoms with van der Waals surface area (Å²) in [5.41, 5.74) is 2.96. The third-order valence-corrected chi connectivity index (χ3v) is 6.77. The van der Waals surface area contributed by atoms with Gasteiger partial charge in [0.15, 0.2) is 0 Å². The van der Waals surface area contributed by atoms with Gasteiger partial charge in [0.25, 0.3) is 0 Å². The lowest BCUT2D eigenvalue weighted by molar-refractivity contribution is -0.129. The molecule has 4 atom stereocenters. The zero-order valence-corrected chi connectivity index (χ0v) is 14.0. The van der Waals surface area contributed by atoms with Gasteiger partial charge >= 0.3 is 0 Å². The summed E-state index contributed by atoms with van der Waals surface area (Å²) >= 11 is 0. The lowest BCUT2D eigenvalue weighted by Crippen LogP contribution is -2.42. The van der Waals surface area contributed by atoms with Crippen LogP contribution >= 0.6 is 0 Å². The molecule has 23 heavy (non-hydrogen) atoms. The quantitative estimate of drug-likeness (QED) is 0.758. The molecule has 3 aliphatic rings. The number of ketones is 1. The Morgan fingerprint density at radius 2 is 2.17 bits per heavy atom. The SMILES string of the molecule is C=CCOc1ccc2c(c1)CCC1C2CC[C@]2(C)C(=O)CCC12. The van der Waals surface area contributed by atoms with E-state index in [-0.39, 0.29) is 5.41 Å². The Labute approximate surface area is 138 Å². The van der Waals surface area contributed by atoms with Gasteiger partial charge in [-0.2, -0.15) is 0 Å². The zero-order valence-electron chi connectivity index (χ0n) is 14.0. The van der Waals surface area contributed by atoms with Crippen LogP contribution in [0.15, 0.2) is 30.9 Å². The molecule has 0 aliphatic heterocycles. The van der Waals surface area contributed by atoms with Crippen LogP contribution in [-0.4, -0.2) is 12.4 Å². The van der Waals surface area contributed by atoms with Crippen molar-refractivity contribution in [3.63, 3.8) is 0 Å². The van der Waals surface area contributed by atoms with Crippen LogP contribution in [0.4, 0.5) is 0 Å². The highest BCUT2D eigenvalue weighted by Crippen LogP contribution is 2.59. The molecular formula is C21H26O2. The van der Waals surface area contributed by atoms with E-state index in [2.05, 4.69) is 31.7 Å². The molecule has 0 N–H and O–H groups in total. The minimum absolute atomic E-state index is 0.0221. The molecule has 3 unspecified atom stereocenters. The molecule has 0 aromatic heterocycles. The van der Waals surface area contributed by atoms with E-state index in [1.807, 2.05) is 0 Å². The molecule has 2 nitrogen and oxygen atoms in total. The minimum atomic E-state index is -0.0221. The van der Waals surface area contributed by atoms with Gasteiger partial charge in [-0.1, -0.05) is 25.6 Å². The molecule has 2 fully saturated rings. The molecule has 1 aromatic carbocycles. The van der Waals surface area contributed by atoms with Crippen molar-refractivity contribution in [1.82, 2.24) is 0 Å². The van der Waals surface area contributed by atoms with Crippen molar-refractivity contribution in [2.75, 3.05) is 6.61 Å². The number of carbonyl (C=O) groups excluding carboxylic acids is 1. The first kappa shape index (κ1) is 15.0. The standard InChI is InChI=1S/C21H26O2/c1-3-12-23-15-5-7-16-14(13-15)4-6-18-17(16)10-11-21(2)19(18)8-9-20(21)22/h3,5,7,13,17-19H,1,4,6,8-12H2,2H3/t17?,18?,19?,21-/m0/s1. The largest absolute Gasteiger partial charge is 0.490 e. The highest BCUT2D eigenvalue weighted by atomic mass is 16.5. The average Bonchev–Trinajstić information content (AvgIpc) is 2.88. The molecule has 2 saturated carbocycles. The third kappa shape index (κ3) is 2.26. The number of Topliss-reactive ketones (excluding diaryl/α,β-unsaturated/α-hetero) is 1. The number of hydrogen-bond acceptors (Lipinski definition) is 2. The highest BCUT2D eigenvalue weighted by Gasteiger charge is 2.54. The summed E-state index contributed by atoms with van der Waals surface area (Å²) in [4.78, 5) is 12.4. The summed E-state index contributed by atoms with van der Waals surface area (Å²) in [6.45, 7) is 6.51. The number of aryl methyl sites for hydroxylation is 1. The molecule has 0 heterocycles. The first-order valence-corrected chi connectivity index (χ1v) is 9.03. The van der Waals surface area contributed by atoms with Gasteiger partial charge < -0.3 is 4.74 Å². The van der Waals surface area contributed by atoms with Gasteiger partial charge in [-0.25, -0.2) is 0 Å². The topological polar surface area (TPSA) is 26.3 Å². The minimum Gasteiger partial charge on any atom is -0.490 e. The summed E-state index contributed by atoms with van der Waals surface area (Å²) in [5, 5.41) is 0. The Balaban J connectivity index is 1.62. The normalized spacial score (nSPS) is 35.2. The maximum Gasteiger partial charge on any atom is 0.139 e. The smallest absolute Gasteiger partial charge is 0.139 e. The maximum atomic E-state index is 12.4. The molecule has 0 spiro atoms. The lowest BCUT2D eigenvalue weighted by Gasteiger charge is -2.48. The summed E-state index contributed by atoms with van der Waals surface area (Å²) in [7, 11) is 0. The molecule has 0 radical (unpaired) electrons. The van der Waals surface area contributed by atoms with Crippen LogP contribution in [-0.2, 0) is 11.2 Å². The van der Waals surface area contributed by atoms with Crippen LogP contribution in [0.3, 0.4) is 0 Å². The molecule has 0 amide bonds. The number of rotatable bonds is 3. The van der Waals surface area contributed by atoms with Crippen LogP contribution < -0.4 is 4.74 Å². The summed E-state index contributed by atoms with van der Waals surface area (Å²) in [6.07, 6.45) is 8.32. The predicted octanol–water partition coefficient (Wildman–Crippen LogP) is 4.68. The van der Waals surface area contributed by atoms with Gasteiger partial charge in [-0.3, -0.25) is 4.79 Å². The second-order valence-corrected chi connectivity index (χ2v) is 7.79. The van der Waals surface area contributed by atoms with Gasteiger partial charge in [-0.15, -0.1) is 0 Å². The van der Waals surface area contributed by atoms with E-state index in [0.717, 1.165) is 31.4 Å². The van der Waals surface area contributed by atoms with Crippen molar-refractivity contribution in [3.8, 4) is 5.75 Å². The zero-order chi connectivity index (χ0) is 16.0. The average molecular weight is 310 g/mol. The molecule has 0 saturated heterocycles. The summed E-state index contributed by atoms with van der Waals surface area (Å²) < 4.78 is 5.69. The van der Waals surface area contributed by atoms with Crippen molar-refractivity contribution in [1.29, 1.82) is 0 Å². The Morgan fingerprint density at radius 1 is 1.30 bits per heavy atom. The number of hydrogen-bond donors (Lipinski definition) is 0. The number of fused-ring (bicyclic) bond motifs is 5. The first-order valence-electron chi connectivity index (χ1n) is 9.03. The fraction of sp³-hybridized carbons (Fsp3) is 0.571. The Kier molecular flexibility index (Phi) is 3.59. The Hall–Kier alpha value is -1.57. The molecule has 122 valence electrons. The summed E-state index contributed by atoms with van der Waals surface area (Å²) in [6, 6.07) is 6.62. The van der Waals surface area contributed by atoms with Crippen molar-refractivity contribution in [2.24, 2.45) is 17.3 Å². The van der Waals surface area contributed by atoms with Gasteiger partial charge in [0.2, 0.25) is 0 Å². The lowest BCUT2D eigenvalue weighted by atomic mass is 9.55. The van der Waals surface area contributed by atoms with E-state index in [1.54, 1.807) is 6.08 Å². The van der Waals surface area contributed by atoms with Gasteiger partial charge in [-0.05, 0) is 73.1 Å². The Bertz CT molecular complexity index is 647. The van der Waals surface area contributed by atoms with Crippen molar-refractivity contribution < 1.29 is 9.53 Å². The van der Waals surface area contributed by atoms with Crippen molar-refractivity contribution >= 4 is 5.78 Å².